The van der Waals surface area contributed by atoms with Crippen LogP contribution in [0.3, 0.4) is 0 Å². The van der Waals surface area contributed by atoms with E-state index in [4.69, 9.17) is 0 Å². The Morgan fingerprint density at radius 1 is 1.15 bits per heavy atom. The van der Waals surface area contributed by atoms with Gasteiger partial charge in [-0.15, -0.1) is 0 Å². The molecule has 5 rings (SSSR count). The largest absolute Gasteiger partial charge is 0.348 e. The average Bonchev–Trinajstić information content (AvgIpc) is 3.26. The number of aromatic nitrogens is 1. The summed E-state index contributed by atoms with van der Waals surface area (Å²) in [6, 6.07) is 9.06. The number of amides is 1. The highest BCUT2D eigenvalue weighted by Crippen LogP contribution is 2.42. The van der Waals surface area contributed by atoms with Crippen molar-refractivity contribution in [3.05, 3.63) is 36.0 Å². The smallest absolute Gasteiger partial charge is 0.230 e. The van der Waals surface area contributed by atoms with Crippen LogP contribution in [0.2, 0.25) is 0 Å². The first-order chi connectivity index (χ1) is 13.2. The standard InChI is InChI=1S/C23H31N3O/c1-2-25-12-8-20-14-19(6-7-21(20)25)15-24-13-10-23(17-24)9-3-11-26(22(23)27)16-18-4-5-18/h6-8,12,14,18H,2-5,9-11,13,15-17H2,1H3. The van der Waals surface area contributed by atoms with Gasteiger partial charge in [0.15, 0.2) is 0 Å². The third kappa shape index (κ3) is 3.18. The molecule has 1 aromatic heterocycles. The van der Waals surface area contributed by atoms with Gasteiger partial charge in [-0.05, 0) is 80.6 Å². The van der Waals surface area contributed by atoms with Gasteiger partial charge in [0, 0.05) is 44.4 Å². The predicted octanol–water partition coefficient (Wildman–Crippen LogP) is 3.89. The number of carbonyl (C=O) groups excluding carboxylic acids is 1. The first kappa shape index (κ1) is 17.3. The van der Waals surface area contributed by atoms with Crippen molar-refractivity contribution in [2.75, 3.05) is 26.2 Å². The lowest BCUT2D eigenvalue weighted by Crippen LogP contribution is -2.50. The molecule has 1 aromatic carbocycles. The molecule has 144 valence electrons. The molecule has 0 radical (unpaired) electrons. The number of hydrogen-bond acceptors (Lipinski definition) is 2. The van der Waals surface area contributed by atoms with Crippen LogP contribution in [0, 0.1) is 11.3 Å². The van der Waals surface area contributed by atoms with Gasteiger partial charge in [-0.3, -0.25) is 9.69 Å². The molecule has 2 aromatic rings. The number of nitrogens with zero attached hydrogens (tertiary/aromatic N) is 3. The molecular weight excluding hydrogens is 334 g/mol. The molecule has 0 N–H and O–H groups in total. The van der Waals surface area contributed by atoms with Crippen LogP contribution in [-0.2, 0) is 17.9 Å². The second kappa shape index (κ2) is 6.66. The second-order valence-electron chi connectivity index (χ2n) is 9.03. The molecule has 1 saturated carbocycles. The number of piperidine rings is 1. The van der Waals surface area contributed by atoms with Gasteiger partial charge in [-0.2, -0.15) is 0 Å². The fourth-order valence-electron chi connectivity index (χ4n) is 5.29. The van der Waals surface area contributed by atoms with Gasteiger partial charge in [-0.25, -0.2) is 0 Å². The van der Waals surface area contributed by atoms with Gasteiger partial charge in [0.25, 0.3) is 0 Å². The molecule has 1 amide bonds. The fraction of sp³-hybridized carbons (Fsp3) is 0.609. The molecule has 1 atom stereocenters. The number of fused-ring (bicyclic) bond motifs is 1. The van der Waals surface area contributed by atoms with Gasteiger partial charge in [-0.1, -0.05) is 6.07 Å². The predicted molar refractivity (Wildman–Crippen MR) is 108 cm³/mol. The zero-order valence-corrected chi connectivity index (χ0v) is 16.5. The van der Waals surface area contributed by atoms with E-state index in [-0.39, 0.29) is 5.41 Å². The van der Waals surface area contributed by atoms with Gasteiger partial charge in [0.05, 0.1) is 5.41 Å². The van der Waals surface area contributed by atoms with E-state index in [1.165, 1.54) is 35.7 Å². The maximum Gasteiger partial charge on any atom is 0.230 e. The lowest BCUT2D eigenvalue weighted by molar-refractivity contribution is -0.145. The minimum absolute atomic E-state index is 0.0945. The number of rotatable bonds is 5. The molecule has 4 heteroatoms. The van der Waals surface area contributed by atoms with E-state index in [0.29, 0.717) is 5.91 Å². The quantitative estimate of drug-likeness (QED) is 0.804. The number of hydrogen-bond donors (Lipinski definition) is 0. The van der Waals surface area contributed by atoms with Crippen LogP contribution in [-0.4, -0.2) is 46.5 Å². The minimum Gasteiger partial charge on any atom is -0.348 e. The highest BCUT2D eigenvalue weighted by atomic mass is 16.2. The van der Waals surface area contributed by atoms with Crippen LogP contribution in [0.5, 0.6) is 0 Å². The summed E-state index contributed by atoms with van der Waals surface area (Å²) in [5, 5.41) is 1.33. The Labute approximate surface area is 162 Å². The molecule has 1 spiro atoms. The normalized spacial score (nSPS) is 26.6. The summed E-state index contributed by atoms with van der Waals surface area (Å²) >= 11 is 0. The van der Waals surface area contributed by atoms with Gasteiger partial charge in [0.2, 0.25) is 5.91 Å². The van der Waals surface area contributed by atoms with Crippen LogP contribution < -0.4 is 0 Å². The summed E-state index contributed by atoms with van der Waals surface area (Å²) in [6.45, 7) is 8.17. The first-order valence-electron chi connectivity index (χ1n) is 10.8. The molecule has 27 heavy (non-hydrogen) atoms. The van der Waals surface area contributed by atoms with Crippen LogP contribution in [0.1, 0.15) is 44.6 Å². The summed E-state index contributed by atoms with van der Waals surface area (Å²) in [5.74, 6) is 1.25. The van der Waals surface area contributed by atoms with Crippen molar-refractivity contribution in [1.29, 1.82) is 0 Å². The summed E-state index contributed by atoms with van der Waals surface area (Å²) < 4.78 is 2.29. The van der Waals surface area contributed by atoms with Crippen LogP contribution in [0.15, 0.2) is 30.5 Å². The van der Waals surface area contributed by atoms with E-state index in [1.54, 1.807) is 0 Å². The van der Waals surface area contributed by atoms with Gasteiger partial charge in [0.1, 0.15) is 0 Å². The fourth-order valence-corrected chi connectivity index (χ4v) is 5.29. The molecule has 1 aliphatic carbocycles. The number of aryl methyl sites for hydroxylation is 1. The van der Waals surface area contributed by atoms with Crippen molar-refractivity contribution in [2.24, 2.45) is 11.3 Å². The van der Waals surface area contributed by atoms with E-state index in [9.17, 15) is 4.79 Å². The Hall–Kier alpha value is -1.81. The summed E-state index contributed by atoms with van der Waals surface area (Å²) in [5.41, 5.74) is 2.59. The monoisotopic (exact) mass is 365 g/mol. The third-order valence-electron chi connectivity index (χ3n) is 7.01. The van der Waals surface area contributed by atoms with Crippen LogP contribution >= 0.6 is 0 Å². The van der Waals surface area contributed by atoms with Gasteiger partial charge >= 0.3 is 0 Å². The summed E-state index contributed by atoms with van der Waals surface area (Å²) in [7, 11) is 0. The van der Waals surface area contributed by atoms with Crippen molar-refractivity contribution in [3.63, 3.8) is 0 Å². The molecule has 3 heterocycles. The minimum atomic E-state index is -0.0945. The summed E-state index contributed by atoms with van der Waals surface area (Å²) in [6.07, 6.45) is 8.14. The molecule has 2 saturated heterocycles. The highest BCUT2D eigenvalue weighted by Gasteiger charge is 2.48. The Morgan fingerprint density at radius 3 is 2.85 bits per heavy atom. The van der Waals surface area contributed by atoms with E-state index in [0.717, 1.165) is 58.0 Å². The molecule has 1 unspecified atom stereocenters. The van der Waals surface area contributed by atoms with E-state index in [1.807, 2.05) is 0 Å². The van der Waals surface area contributed by atoms with Gasteiger partial charge < -0.3 is 9.47 Å². The molecule has 4 nitrogen and oxygen atoms in total. The average molecular weight is 366 g/mol. The lowest BCUT2D eigenvalue weighted by atomic mass is 9.78. The maximum atomic E-state index is 13.2. The second-order valence-corrected chi connectivity index (χ2v) is 9.03. The maximum absolute atomic E-state index is 13.2. The summed E-state index contributed by atoms with van der Waals surface area (Å²) in [4.78, 5) is 17.9. The lowest BCUT2D eigenvalue weighted by Gasteiger charge is -2.39. The number of benzene rings is 1. The van der Waals surface area contributed by atoms with Crippen molar-refractivity contribution >= 4 is 16.8 Å². The van der Waals surface area contributed by atoms with Crippen LogP contribution in [0.25, 0.3) is 10.9 Å². The zero-order valence-electron chi connectivity index (χ0n) is 16.5. The van der Waals surface area contributed by atoms with Crippen molar-refractivity contribution < 1.29 is 4.79 Å². The SMILES string of the molecule is CCn1ccc2cc(CN3CCC4(CCCN(CC5CC5)C4=O)C3)ccc21. The molecule has 3 aliphatic rings. The Balaban J connectivity index is 1.28. The van der Waals surface area contributed by atoms with E-state index >= 15 is 0 Å². The van der Waals surface area contributed by atoms with Crippen molar-refractivity contribution in [3.8, 4) is 0 Å². The van der Waals surface area contributed by atoms with E-state index < -0.39 is 0 Å². The molecule has 0 bridgehead atoms. The topological polar surface area (TPSA) is 28.5 Å². The van der Waals surface area contributed by atoms with Crippen molar-refractivity contribution in [1.82, 2.24) is 14.4 Å². The molecule has 3 fully saturated rings. The van der Waals surface area contributed by atoms with Crippen LogP contribution in [0.4, 0.5) is 0 Å². The Morgan fingerprint density at radius 2 is 2.04 bits per heavy atom. The Bertz CT molecular complexity index is 852. The molecule has 2 aliphatic heterocycles. The number of likely N-dealkylation sites (tertiary alicyclic amines) is 2. The third-order valence-corrected chi connectivity index (χ3v) is 7.01. The zero-order chi connectivity index (χ0) is 18.4. The van der Waals surface area contributed by atoms with Crippen molar-refractivity contribution in [2.45, 2.75) is 52.1 Å². The first-order valence-corrected chi connectivity index (χ1v) is 10.8. The molecular formula is C23H31N3O. The Kier molecular flexibility index (Phi) is 4.27. The van der Waals surface area contributed by atoms with E-state index in [2.05, 4.69) is 51.8 Å². The number of carbonyl (C=O) groups is 1. The highest BCUT2D eigenvalue weighted by molar-refractivity contribution is 5.84.